The van der Waals surface area contributed by atoms with Crippen LogP contribution in [0.2, 0.25) is 0 Å². The first-order chi connectivity index (χ1) is 5.25. The summed E-state index contributed by atoms with van der Waals surface area (Å²) in [4.78, 5) is 3.50. The summed E-state index contributed by atoms with van der Waals surface area (Å²) in [6.07, 6.45) is 2.14. The highest BCUT2D eigenvalue weighted by Gasteiger charge is 2.08. The Kier molecular flexibility index (Phi) is 2.54. The van der Waals surface area contributed by atoms with Crippen molar-refractivity contribution in [2.45, 2.75) is 19.4 Å². The van der Waals surface area contributed by atoms with Gasteiger partial charge in [0.1, 0.15) is 0 Å². The van der Waals surface area contributed by atoms with E-state index in [1.54, 1.807) is 12.1 Å². The Hall–Kier alpha value is -0.960. The van der Waals surface area contributed by atoms with Crippen LogP contribution in [0.3, 0.4) is 0 Å². The first kappa shape index (κ1) is 8.14. The molecule has 2 N–H and O–H groups in total. The zero-order chi connectivity index (χ0) is 8.27. The van der Waals surface area contributed by atoms with E-state index in [9.17, 15) is 4.39 Å². The molecule has 0 aromatic carbocycles. The molecule has 11 heavy (non-hydrogen) atoms. The lowest BCUT2D eigenvalue weighted by Crippen LogP contribution is -2.11. The molecule has 0 saturated carbocycles. The SMILES string of the molecule is CC[C@H](N)c1cccnc1F. The van der Waals surface area contributed by atoms with Gasteiger partial charge in [-0.3, -0.25) is 0 Å². The molecule has 0 amide bonds. The maximum Gasteiger partial charge on any atom is 0.217 e. The Bertz CT molecular complexity index is 237. The van der Waals surface area contributed by atoms with Gasteiger partial charge in [0.25, 0.3) is 0 Å². The predicted octanol–water partition coefficient (Wildman–Crippen LogP) is 1.63. The second-order valence-corrected chi connectivity index (χ2v) is 2.40. The number of pyridine rings is 1. The van der Waals surface area contributed by atoms with Gasteiger partial charge in [0, 0.05) is 17.8 Å². The molecular formula is C8H11FN2. The monoisotopic (exact) mass is 154 g/mol. The summed E-state index contributed by atoms with van der Waals surface area (Å²) in [7, 11) is 0. The van der Waals surface area contributed by atoms with Crippen molar-refractivity contribution in [2.24, 2.45) is 5.73 Å². The van der Waals surface area contributed by atoms with Crippen LogP contribution in [0.1, 0.15) is 24.9 Å². The van der Waals surface area contributed by atoms with Crippen LogP contribution >= 0.6 is 0 Å². The van der Waals surface area contributed by atoms with Crippen LogP contribution < -0.4 is 5.73 Å². The van der Waals surface area contributed by atoms with Gasteiger partial charge in [0.2, 0.25) is 5.95 Å². The van der Waals surface area contributed by atoms with Gasteiger partial charge in [0.05, 0.1) is 0 Å². The van der Waals surface area contributed by atoms with E-state index in [2.05, 4.69) is 4.98 Å². The van der Waals surface area contributed by atoms with Crippen LogP contribution in [-0.2, 0) is 0 Å². The highest BCUT2D eigenvalue weighted by Crippen LogP contribution is 2.14. The number of nitrogens with zero attached hydrogens (tertiary/aromatic N) is 1. The summed E-state index contributed by atoms with van der Waals surface area (Å²) >= 11 is 0. The van der Waals surface area contributed by atoms with Crippen molar-refractivity contribution in [3.05, 3.63) is 29.8 Å². The first-order valence-electron chi connectivity index (χ1n) is 3.61. The third-order valence-electron chi connectivity index (χ3n) is 1.63. The maximum absolute atomic E-state index is 12.8. The number of aromatic nitrogens is 1. The molecule has 0 bridgehead atoms. The lowest BCUT2D eigenvalue weighted by molar-refractivity contribution is 0.540. The first-order valence-corrected chi connectivity index (χ1v) is 3.61. The quantitative estimate of drug-likeness (QED) is 0.657. The lowest BCUT2D eigenvalue weighted by Gasteiger charge is -2.07. The summed E-state index contributed by atoms with van der Waals surface area (Å²) < 4.78 is 12.8. The molecule has 2 nitrogen and oxygen atoms in total. The minimum absolute atomic E-state index is 0.233. The van der Waals surface area contributed by atoms with Crippen molar-refractivity contribution in [1.82, 2.24) is 4.98 Å². The van der Waals surface area contributed by atoms with Crippen LogP contribution in [0.25, 0.3) is 0 Å². The van der Waals surface area contributed by atoms with Gasteiger partial charge in [-0.05, 0) is 12.5 Å². The smallest absolute Gasteiger partial charge is 0.217 e. The van der Waals surface area contributed by atoms with E-state index in [0.717, 1.165) is 6.42 Å². The zero-order valence-electron chi connectivity index (χ0n) is 6.42. The number of nitrogens with two attached hydrogens (primary N) is 1. The van der Waals surface area contributed by atoms with Gasteiger partial charge in [0.15, 0.2) is 0 Å². The van der Waals surface area contributed by atoms with E-state index in [1.807, 2.05) is 6.92 Å². The molecule has 0 fully saturated rings. The fraction of sp³-hybridized carbons (Fsp3) is 0.375. The fourth-order valence-corrected chi connectivity index (χ4v) is 0.895. The highest BCUT2D eigenvalue weighted by atomic mass is 19.1. The lowest BCUT2D eigenvalue weighted by atomic mass is 10.1. The number of hydrogen-bond donors (Lipinski definition) is 1. The second-order valence-electron chi connectivity index (χ2n) is 2.40. The molecule has 1 aromatic rings. The van der Waals surface area contributed by atoms with Gasteiger partial charge in [-0.2, -0.15) is 4.39 Å². The molecule has 0 saturated heterocycles. The van der Waals surface area contributed by atoms with Gasteiger partial charge >= 0.3 is 0 Å². The number of rotatable bonds is 2. The van der Waals surface area contributed by atoms with E-state index >= 15 is 0 Å². The van der Waals surface area contributed by atoms with Crippen molar-refractivity contribution in [3.8, 4) is 0 Å². The number of hydrogen-bond acceptors (Lipinski definition) is 2. The molecule has 60 valence electrons. The predicted molar refractivity (Wildman–Crippen MR) is 41.4 cm³/mol. The maximum atomic E-state index is 12.8. The molecule has 0 aliphatic rings. The van der Waals surface area contributed by atoms with Crippen LogP contribution in [0.4, 0.5) is 4.39 Å². The van der Waals surface area contributed by atoms with Gasteiger partial charge in [-0.15, -0.1) is 0 Å². The Balaban J connectivity index is 2.93. The molecule has 1 aromatic heterocycles. The largest absolute Gasteiger partial charge is 0.324 e. The second kappa shape index (κ2) is 3.44. The Labute approximate surface area is 65.3 Å². The normalized spacial score (nSPS) is 13.0. The van der Waals surface area contributed by atoms with E-state index in [4.69, 9.17) is 5.73 Å². The van der Waals surface area contributed by atoms with Crippen LogP contribution in [-0.4, -0.2) is 4.98 Å². The minimum Gasteiger partial charge on any atom is -0.324 e. The number of halogens is 1. The molecular weight excluding hydrogens is 143 g/mol. The third-order valence-corrected chi connectivity index (χ3v) is 1.63. The van der Waals surface area contributed by atoms with Crippen LogP contribution in [0.5, 0.6) is 0 Å². The Morgan fingerprint density at radius 3 is 3.00 bits per heavy atom. The molecule has 3 heteroatoms. The topological polar surface area (TPSA) is 38.9 Å². The van der Waals surface area contributed by atoms with Crippen molar-refractivity contribution < 1.29 is 4.39 Å². The van der Waals surface area contributed by atoms with Crippen molar-refractivity contribution in [2.75, 3.05) is 0 Å². The minimum atomic E-state index is -0.457. The average molecular weight is 154 g/mol. The Morgan fingerprint density at radius 1 is 1.73 bits per heavy atom. The average Bonchev–Trinajstić information content (AvgIpc) is 2.04. The summed E-state index contributed by atoms with van der Waals surface area (Å²) in [5.41, 5.74) is 6.11. The molecule has 0 spiro atoms. The summed E-state index contributed by atoms with van der Waals surface area (Å²) in [6, 6.07) is 3.12. The van der Waals surface area contributed by atoms with Gasteiger partial charge in [-0.1, -0.05) is 13.0 Å². The van der Waals surface area contributed by atoms with Crippen molar-refractivity contribution in [1.29, 1.82) is 0 Å². The zero-order valence-corrected chi connectivity index (χ0v) is 6.42. The molecule has 0 radical (unpaired) electrons. The van der Waals surface area contributed by atoms with Crippen LogP contribution in [0.15, 0.2) is 18.3 Å². The highest BCUT2D eigenvalue weighted by molar-refractivity contribution is 5.14. The summed E-state index contributed by atoms with van der Waals surface area (Å²) in [5.74, 6) is -0.457. The summed E-state index contributed by atoms with van der Waals surface area (Å²) in [6.45, 7) is 1.91. The molecule has 0 aliphatic heterocycles. The summed E-state index contributed by atoms with van der Waals surface area (Å²) in [5, 5.41) is 0. The third kappa shape index (κ3) is 1.74. The standard InChI is InChI=1S/C8H11FN2/c1-2-7(10)6-4-3-5-11-8(6)9/h3-5,7H,2,10H2,1H3/t7-/m0/s1. The molecule has 0 unspecified atom stereocenters. The van der Waals surface area contributed by atoms with Crippen LogP contribution in [0, 0.1) is 5.95 Å². The molecule has 1 atom stereocenters. The molecule has 1 heterocycles. The molecule has 0 aliphatic carbocycles. The fourth-order valence-electron chi connectivity index (χ4n) is 0.895. The van der Waals surface area contributed by atoms with E-state index in [1.165, 1.54) is 6.20 Å². The van der Waals surface area contributed by atoms with E-state index < -0.39 is 5.95 Å². The Morgan fingerprint density at radius 2 is 2.45 bits per heavy atom. The van der Waals surface area contributed by atoms with Gasteiger partial charge < -0.3 is 5.73 Å². The van der Waals surface area contributed by atoms with E-state index in [0.29, 0.717) is 5.56 Å². The van der Waals surface area contributed by atoms with Crippen molar-refractivity contribution in [3.63, 3.8) is 0 Å². The van der Waals surface area contributed by atoms with E-state index in [-0.39, 0.29) is 6.04 Å². The van der Waals surface area contributed by atoms with Crippen molar-refractivity contribution >= 4 is 0 Å². The van der Waals surface area contributed by atoms with Gasteiger partial charge in [-0.25, -0.2) is 4.98 Å². The molecule has 1 rings (SSSR count).